The number of hydrogen-bond acceptors (Lipinski definition) is 9. The van der Waals surface area contributed by atoms with E-state index in [2.05, 4.69) is 36.3 Å². The van der Waals surface area contributed by atoms with Crippen LogP contribution in [0.2, 0.25) is 0 Å². The molecule has 0 saturated carbocycles. The number of carbonyl (C=O) groups is 4. The Morgan fingerprint density at radius 2 is 1.65 bits per heavy atom. The summed E-state index contributed by atoms with van der Waals surface area (Å²) < 4.78 is 12.1. The summed E-state index contributed by atoms with van der Waals surface area (Å²) in [5.74, 6) is -0.952. The van der Waals surface area contributed by atoms with Crippen LogP contribution in [0.25, 0.3) is 0 Å². The number of ether oxygens (including phenoxy) is 2. The predicted molar refractivity (Wildman–Crippen MR) is 216 cm³/mol. The summed E-state index contributed by atoms with van der Waals surface area (Å²) in [5.41, 5.74) is 1.16. The first kappa shape index (κ1) is 45.4. The molecule has 1 unspecified atom stereocenters. The number of nitrogens with zero attached hydrogens (tertiary/aromatic N) is 3. The summed E-state index contributed by atoms with van der Waals surface area (Å²) >= 11 is 1.57. The van der Waals surface area contributed by atoms with Crippen LogP contribution in [0.5, 0.6) is 0 Å². The number of amides is 2. The van der Waals surface area contributed by atoms with Gasteiger partial charge in [0, 0.05) is 70.0 Å². The standard InChI is InChI=1S/C43H68N4O6S/c1-12-29(6)40(46(9)43(51)33(27(2)3)25-36(49)39(44-8)28(4)5)37(52-10)26-38(50)47-21-16-19-34(47)41(53-11)30(7)35(48)24-32(42-45-20-22-54-42)23-31-17-14-13-15-18-31/h13-15,17-18,20,22,27-30,32-34,37,39-41,44H,12,16,19,21,23-26H2,1-11H3/t29-,30-,32+,33-,34-,37+,39?,40-,41+/m0/s1. The highest BCUT2D eigenvalue weighted by atomic mass is 32.1. The maximum atomic E-state index is 14.3. The number of benzene rings is 1. The third-order valence-corrected chi connectivity index (χ3v) is 12.7. The second-order valence-electron chi connectivity index (χ2n) is 16.0. The maximum Gasteiger partial charge on any atom is 0.226 e. The van der Waals surface area contributed by atoms with E-state index in [9.17, 15) is 19.2 Å². The number of thiazole rings is 1. The van der Waals surface area contributed by atoms with Gasteiger partial charge in [-0.1, -0.05) is 85.2 Å². The third-order valence-electron chi connectivity index (χ3n) is 11.8. The molecule has 0 spiro atoms. The number of likely N-dealkylation sites (N-methyl/N-ethyl adjacent to an activating group) is 2. The lowest BCUT2D eigenvalue weighted by molar-refractivity contribution is -0.149. The first-order valence-corrected chi connectivity index (χ1v) is 20.9. The Bertz CT molecular complexity index is 1450. The number of carbonyl (C=O) groups excluding carboxylic acids is 4. The zero-order chi connectivity index (χ0) is 40.1. The number of likely N-dealkylation sites (tertiary alicyclic amines) is 1. The van der Waals surface area contributed by atoms with Crippen LogP contribution in [0, 0.1) is 29.6 Å². The second kappa shape index (κ2) is 21.9. The predicted octanol–water partition coefficient (Wildman–Crippen LogP) is 6.82. The van der Waals surface area contributed by atoms with Crippen LogP contribution in [-0.4, -0.2) is 103 Å². The molecular formula is C43H68N4O6S. The van der Waals surface area contributed by atoms with Crippen LogP contribution in [0.15, 0.2) is 41.9 Å². The fourth-order valence-electron chi connectivity index (χ4n) is 8.43. The lowest BCUT2D eigenvalue weighted by Crippen LogP contribution is -2.54. The number of hydrogen-bond donors (Lipinski definition) is 1. The molecule has 0 bridgehead atoms. The van der Waals surface area contributed by atoms with Crippen molar-refractivity contribution in [3.05, 3.63) is 52.5 Å². The van der Waals surface area contributed by atoms with E-state index in [0.29, 0.717) is 19.4 Å². The molecule has 2 heterocycles. The number of Topliss-reactive ketones (excluding diaryl/α,β-unsaturated/α-hetero) is 2. The lowest BCUT2D eigenvalue weighted by Gasteiger charge is -2.41. The highest BCUT2D eigenvalue weighted by Crippen LogP contribution is 2.33. The van der Waals surface area contributed by atoms with Crippen LogP contribution < -0.4 is 5.32 Å². The lowest BCUT2D eigenvalue weighted by atomic mass is 9.84. The molecule has 1 fully saturated rings. The van der Waals surface area contributed by atoms with Gasteiger partial charge in [-0.25, -0.2) is 4.98 Å². The molecule has 3 rings (SSSR count). The van der Waals surface area contributed by atoms with Gasteiger partial charge in [0.25, 0.3) is 0 Å². The van der Waals surface area contributed by atoms with Gasteiger partial charge in [-0.05, 0) is 49.6 Å². The molecule has 1 aromatic heterocycles. The molecular weight excluding hydrogens is 701 g/mol. The Hall–Kier alpha value is -2.99. The average molecular weight is 769 g/mol. The monoisotopic (exact) mass is 768 g/mol. The zero-order valence-corrected chi connectivity index (χ0v) is 35.6. The molecule has 1 saturated heterocycles. The van der Waals surface area contributed by atoms with Gasteiger partial charge in [-0.2, -0.15) is 0 Å². The van der Waals surface area contributed by atoms with Crippen LogP contribution in [0.1, 0.15) is 103 Å². The highest BCUT2D eigenvalue weighted by molar-refractivity contribution is 7.09. The van der Waals surface area contributed by atoms with Crippen LogP contribution in [0.3, 0.4) is 0 Å². The van der Waals surface area contributed by atoms with Crippen molar-refractivity contribution >= 4 is 34.7 Å². The third kappa shape index (κ3) is 11.8. The van der Waals surface area contributed by atoms with Gasteiger partial charge in [0.1, 0.15) is 5.78 Å². The first-order chi connectivity index (χ1) is 25.7. The molecule has 302 valence electrons. The van der Waals surface area contributed by atoms with Crippen molar-refractivity contribution in [1.29, 1.82) is 0 Å². The molecule has 1 aliphatic heterocycles. The minimum Gasteiger partial charge on any atom is -0.379 e. The summed E-state index contributed by atoms with van der Waals surface area (Å²) in [6, 6.07) is 9.21. The topological polar surface area (TPSA) is 118 Å². The summed E-state index contributed by atoms with van der Waals surface area (Å²) in [6.07, 6.45) is 4.37. The molecule has 54 heavy (non-hydrogen) atoms. The fourth-order valence-corrected chi connectivity index (χ4v) is 9.17. The minimum absolute atomic E-state index is 0.0290. The summed E-state index contributed by atoms with van der Waals surface area (Å²) in [5, 5.41) is 6.02. The zero-order valence-electron chi connectivity index (χ0n) is 34.7. The van der Waals surface area contributed by atoms with Gasteiger partial charge in [0.2, 0.25) is 11.8 Å². The van der Waals surface area contributed by atoms with E-state index >= 15 is 0 Å². The van der Waals surface area contributed by atoms with Crippen molar-refractivity contribution in [1.82, 2.24) is 20.1 Å². The molecule has 0 radical (unpaired) electrons. The number of nitrogens with one attached hydrogen (secondary N) is 1. The summed E-state index contributed by atoms with van der Waals surface area (Å²) in [4.78, 5) is 64.1. The van der Waals surface area contributed by atoms with Gasteiger partial charge in [-0.3, -0.25) is 19.2 Å². The largest absolute Gasteiger partial charge is 0.379 e. The molecule has 0 aliphatic carbocycles. The van der Waals surface area contributed by atoms with Gasteiger partial charge >= 0.3 is 0 Å². The molecule has 11 heteroatoms. The number of ketones is 2. The summed E-state index contributed by atoms with van der Waals surface area (Å²) in [6.45, 7) is 14.6. The Kier molecular flexibility index (Phi) is 18.4. The van der Waals surface area contributed by atoms with E-state index in [1.165, 1.54) is 0 Å². The molecule has 2 aromatic rings. The van der Waals surface area contributed by atoms with E-state index in [-0.39, 0.29) is 78.0 Å². The van der Waals surface area contributed by atoms with Crippen molar-refractivity contribution in [2.45, 2.75) is 130 Å². The maximum absolute atomic E-state index is 14.3. The van der Waals surface area contributed by atoms with E-state index in [0.717, 1.165) is 29.8 Å². The van der Waals surface area contributed by atoms with E-state index < -0.39 is 24.0 Å². The highest BCUT2D eigenvalue weighted by Gasteiger charge is 2.43. The number of methoxy groups -OCH3 is 2. The summed E-state index contributed by atoms with van der Waals surface area (Å²) in [7, 11) is 6.80. The normalized spacial score (nSPS) is 19.2. The van der Waals surface area contributed by atoms with E-state index in [1.54, 1.807) is 50.7 Å². The van der Waals surface area contributed by atoms with E-state index in [4.69, 9.17) is 9.47 Å². The van der Waals surface area contributed by atoms with Crippen LogP contribution in [-0.2, 0) is 35.1 Å². The van der Waals surface area contributed by atoms with Crippen molar-refractivity contribution in [2.24, 2.45) is 29.6 Å². The average Bonchev–Trinajstić information content (AvgIpc) is 3.87. The first-order valence-electron chi connectivity index (χ1n) is 20.0. The van der Waals surface area contributed by atoms with Gasteiger partial charge in [-0.15, -0.1) is 11.3 Å². The minimum atomic E-state index is -0.566. The SMILES string of the molecule is CC[C@H](C)[C@@H]([C@@H](CC(=O)N1CCC[C@H]1[C@H](OC)[C@@H](C)C(=O)C[C@@H](Cc1ccccc1)c1nccs1)OC)N(C)C(=O)[C@@H](CC(=O)C(NC)C(C)C)C(C)C. The Morgan fingerprint density at radius 3 is 2.19 bits per heavy atom. The van der Waals surface area contributed by atoms with Gasteiger partial charge in [0.15, 0.2) is 5.78 Å². The van der Waals surface area contributed by atoms with Gasteiger partial charge < -0.3 is 24.6 Å². The molecule has 2 amide bonds. The molecule has 1 N–H and O–H groups in total. The van der Waals surface area contributed by atoms with Crippen molar-refractivity contribution in [2.75, 3.05) is 34.9 Å². The molecule has 1 aromatic carbocycles. The Morgan fingerprint density at radius 1 is 0.963 bits per heavy atom. The Balaban J connectivity index is 1.78. The smallest absolute Gasteiger partial charge is 0.226 e. The van der Waals surface area contributed by atoms with Crippen LogP contribution in [0.4, 0.5) is 0 Å². The number of rotatable bonds is 23. The van der Waals surface area contributed by atoms with E-state index in [1.807, 2.05) is 63.1 Å². The van der Waals surface area contributed by atoms with Crippen molar-refractivity contribution < 1.29 is 28.7 Å². The second-order valence-corrected chi connectivity index (χ2v) is 17.0. The van der Waals surface area contributed by atoms with Crippen molar-refractivity contribution in [3.8, 4) is 0 Å². The molecule has 10 nitrogen and oxygen atoms in total. The van der Waals surface area contributed by atoms with Crippen molar-refractivity contribution in [3.63, 3.8) is 0 Å². The quantitative estimate of drug-likeness (QED) is 0.131. The van der Waals surface area contributed by atoms with Crippen LogP contribution >= 0.6 is 11.3 Å². The Labute approximate surface area is 329 Å². The fraction of sp³-hybridized carbons (Fsp3) is 0.698. The molecule has 1 aliphatic rings. The molecule has 9 atom stereocenters. The van der Waals surface area contributed by atoms with Gasteiger partial charge in [0.05, 0.1) is 41.8 Å². The number of aromatic nitrogens is 1.